The van der Waals surface area contributed by atoms with Gasteiger partial charge in [-0.1, -0.05) is 32.6 Å². The van der Waals surface area contributed by atoms with Crippen molar-refractivity contribution in [2.45, 2.75) is 52.4 Å². The molecule has 0 atom stereocenters. The zero-order chi connectivity index (χ0) is 12.7. The van der Waals surface area contributed by atoms with E-state index >= 15 is 0 Å². The summed E-state index contributed by atoms with van der Waals surface area (Å²) in [5.41, 5.74) is 1.18. The normalized spacial score (nSPS) is 10.5. The molecule has 2 heteroatoms. The molecule has 1 rings (SSSR count). The average molecular weight is 236 g/mol. The molecule has 1 aromatic carbocycles. The lowest BCUT2D eigenvalue weighted by Gasteiger charge is -2.03. The Hall–Kier alpha value is -1.18. The maximum atomic E-state index is 13.0. The van der Waals surface area contributed by atoms with Crippen molar-refractivity contribution in [3.63, 3.8) is 0 Å². The number of aryl methyl sites for hydroxylation is 1. The van der Waals surface area contributed by atoms with E-state index in [4.69, 9.17) is 0 Å². The SMILES string of the molecule is CCCCCCCC(=O)c1ccc(F)c(C)c1. The van der Waals surface area contributed by atoms with Gasteiger partial charge in [-0.3, -0.25) is 4.79 Å². The van der Waals surface area contributed by atoms with Crippen molar-refractivity contribution in [3.05, 3.63) is 35.1 Å². The van der Waals surface area contributed by atoms with Crippen LogP contribution in [0.3, 0.4) is 0 Å². The summed E-state index contributed by atoms with van der Waals surface area (Å²) in [4.78, 5) is 11.8. The average Bonchev–Trinajstić information content (AvgIpc) is 2.32. The van der Waals surface area contributed by atoms with E-state index in [1.165, 1.54) is 25.3 Å². The quantitative estimate of drug-likeness (QED) is 0.496. The highest BCUT2D eigenvalue weighted by Crippen LogP contribution is 2.13. The number of carbonyl (C=O) groups excluding carboxylic acids is 1. The smallest absolute Gasteiger partial charge is 0.162 e. The zero-order valence-electron chi connectivity index (χ0n) is 10.8. The fourth-order valence-corrected chi connectivity index (χ4v) is 1.85. The van der Waals surface area contributed by atoms with Crippen molar-refractivity contribution >= 4 is 5.78 Å². The molecule has 0 N–H and O–H groups in total. The van der Waals surface area contributed by atoms with Crippen molar-refractivity contribution in [1.29, 1.82) is 0 Å². The molecule has 0 amide bonds. The topological polar surface area (TPSA) is 17.1 Å². The van der Waals surface area contributed by atoms with Crippen LogP contribution in [-0.4, -0.2) is 5.78 Å². The molecule has 0 aliphatic rings. The minimum atomic E-state index is -0.246. The third kappa shape index (κ3) is 4.68. The Morgan fingerprint density at radius 3 is 2.53 bits per heavy atom. The van der Waals surface area contributed by atoms with E-state index in [-0.39, 0.29) is 11.6 Å². The van der Waals surface area contributed by atoms with Crippen LogP contribution in [-0.2, 0) is 0 Å². The van der Waals surface area contributed by atoms with Crippen LogP contribution in [0, 0.1) is 12.7 Å². The van der Waals surface area contributed by atoms with Gasteiger partial charge < -0.3 is 0 Å². The largest absolute Gasteiger partial charge is 0.294 e. The number of Topliss-reactive ketones (excluding diaryl/α,β-unsaturated/α-hetero) is 1. The number of hydrogen-bond acceptors (Lipinski definition) is 1. The molecule has 94 valence electrons. The van der Waals surface area contributed by atoms with Gasteiger partial charge in [-0.15, -0.1) is 0 Å². The monoisotopic (exact) mass is 236 g/mol. The maximum absolute atomic E-state index is 13.0. The lowest BCUT2D eigenvalue weighted by molar-refractivity contribution is 0.0979. The standard InChI is InChI=1S/C15H21FO/c1-3-4-5-6-7-8-15(17)13-9-10-14(16)12(2)11-13/h9-11H,3-8H2,1-2H3. The third-order valence-electron chi connectivity index (χ3n) is 2.99. The molecule has 0 fully saturated rings. The maximum Gasteiger partial charge on any atom is 0.162 e. The number of carbonyl (C=O) groups is 1. The third-order valence-corrected chi connectivity index (χ3v) is 2.99. The Labute approximate surface area is 103 Å². The molecule has 0 aliphatic carbocycles. The van der Waals surface area contributed by atoms with Crippen LogP contribution in [0.2, 0.25) is 0 Å². The first kappa shape index (κ1) is 13.9. The summed E-state index contributed by atoms with van der Waals surface area (Å²) in [6.45, 7) is 3.86. The zero-order valence-corrected chi connectivity index (χ0v) is 10.8. The summed E-state index contributed by atoms with van der Waals surface area (Å²) in [6.07, 6.45) is 6.28. The van der Waals surface area contributed by atoms with Gasteiger partial charge in [0, 0.05) is 12.0 Å². The van der Waals surface area contributed by atoms with Crippen LogP contribution in [0.15, 0.2) is 18.2 Å². The van der Waals surface area contributed by atoms with Gasteiger partial charge in [0.25, 0.3) is 0 Å². The highest BCUT2D eigenvalue weighted by Gasteiger charge is 2.07. The summed E-state index contributed by atoms with van der Waals surface area (Å²) in [7, 11) is 0. The second kappa shape index (κ2) is 7.21. The highest BCUT2D eigenvalue weighted by atomic mass is 19.1. The van der Waals surface area contributed by atoms with E-state index in [2.05, 4.69) is 6.92 Å². The second-order valence-electron chi connectivity index (χ2n) is 4.55. The highest BCUT2D eigenvalue weighted by molar-refractivity contribution is 5.96. The van der Waals surface area contributed by atoms with Crippen molar-refractivity contribution in [1.82, 2.24) is 0 Å². The Balaban J connectivity index is 2.39. The number of ketones is 1. The first-order valence-electron chi connectivity index (χ1n) is 6.44. The Bertz CT molecular complexity index is 371. The van der Waals surface area contributed by atoms with Gasteiger partial charge in [-0.05, 0) is 37.1 Å². The number of unbranched alkanes of at least 4 members (excludes halogenated alkanes) is 4. The van der Waals surface area contributed by atoms with Crippen LogP contribution < -0.4 is 0 Å². The lowest BCUT2D eigenvalue weighted by Crippen LogP contribution is -2.00. The van der Waals surface area contributed by atoms with Crippen molar-refractivity contribution in [2.75, 3.05) is 0 Å². The van der Waals surface area contributed by atoms with Gasteiger partial charge in [-0.25, -0.2) is 4.39 Å². The lowest BCUT2D eigenvalue weighted by atomic mass is 10.0. The summed E-state index contributed by atoms with van der Waals surface area (Å²) in [5.74, 6) is -0.117. The fraction of sp³-hybridized carbons (Fsp3) is 0.533. The molecular weight excluding hydrogens is 215 g/mol. The second-order valence-corrected chi connectivity index (χ2v) is 4.55. The summed E-state index contributed by atoms with van der Waals surface area (Å²) < 4.78 is 13.0. The molecule has 0 unspecified atom stereocenters. The minimum absolute atomic E-state index is 0.129. The molecule has 1 nitrogen and oxygen atoms in total. The molecule has 0 bridgehead atoms. The van der Waals surface area contributed by atoms with E-state index in [1.54, 1.807) is 19.1 Å². The van der Waals surface area contributed by atoms with Gasteiger partial charge in [-0.2, -0.15) is 0 Å². The summed E-state index contributed by atoms with van der Waals surface area (Å²) in [5, 5.41) is 0. The molecule has 0 aliphatic heterocycles. The Kier molecular flexibility index (Phi) is 5.88. The first-order chi connectivity index (χ1) is 8.15. The van der Waals surface area contributed by atoms with E-state index in [0.29, 0.717) is 17.5 Å². The number of rotatable bonds is 7. The van der Waals surface area contributed by atoms with Crippen molar-refractivity contribution in [3.8, 4) is 0 Å². The van der Waals surface area contributed by atoms with Crippen LogP contribution in [0.1, 0.15) is 61.4 Å². The van der Waals surface area contributed by atoms with Gasteiger partial charge in [0.1, 0.15) is 5.82 Å². The number of benzene rings is 1. The van der Waals surface area contributed by atoms with E-state index < -0.39 is 0 Å². The predicted molar refractivity (Wildman–Crippen MR) is 68.8 cm³/mol. The molecule has 0 spiro atoms. The van der Waals surface area contributed by atoms with Crippen LogP contribution in [0.25, 0.3) is 0 Å². The van der Waals surface area contributed by atoms with Gasteiger partial charge >= 0.3 is 0 Å². The van der Waals surface area contributed by atoms with Crippen molar-refractivity contribution < 1.29 is 9.18 Å². The van der Waals surface area contributed by atoms with E-state index in [1.807, 2.05) is 0 Å². The molecular formula is C15H21FO. The fourth-order valence-electron chi connectivity index (χ4n) is 1.85. The van der Waals surface area contributed by atoms with Crippen molar-refractivity contribution in [2.24, 2.45) is 0 Å². The van der Waals surface area contributed by atoms with E-state index in [9.17, 15) is 9.18 Å². The van der Waals surface area contributed by atoms with Gasteiger partial charge in [0.05, 0.1) is 0 Å². The van der Waals surface area contributed by atoms with Crippen LogP contribution in [0.5, 0.6) is 0 Å². The van der Waals surface area contributed by atoms with Gasteiger partial charge in [0.15, 0.2) is 5.78 Å². The Morgan fingerprint density at radius 1 is 1.18 bits per heavy atom. The number of halogens is 1. The molecule has 0 aromatic heterocycles. The van der Waals surface area contributed by atoms with Crippen LogP contribution in [0.4, 0.5) is 4.39 Å². The minimum Gasteiger partial charge on any atom is -0.294 e. The summed E-state index contributed by atoms with van der Waals surface area (Å²) in [6, 6.07) is 4.60. The molecule has 1 aromatic rings. The van der Waals surface area contributed by atoms with E-state index in [0.717, 1.165) is 12.8 Å². The predicted octanol–water partition coefficient (Wildman–Crippen LogP) is 4.68. The molecule has 0 saturated heterocycles. The first-order valence-corrected chi connectivity index (χ1v) is 6.44. The molecule has 17 heavy (non-hydrogen) atoms. The molecule has 0 radical (unpaired) electrons. The summed E-state index contributed by atoms with van der Waals surface area (Å²) >= 11 is 0. The Morgan fingerprint density at radius 2 is 1.88 bits per heavy atom. The molecule has 0 saturated carbocycles. The number of hydrogen-bond donors (Lipinski definition) is 0. The van der Waals surface area contributed by atoms with Crippen LogP contribution >= 0.6 is 0 Å². The molecule has 0 heterocycles. The van der Waals surface area contributed by atoms with Gasteiger partial charge in [0.2, 0.25) is 0 Å².